The van der Waals surface area contributed by atoms with Crippen LogP contribution in [0.25, 0.3) is 11.1 Å². The van der Waals surface area contributed by atoms with Gasteiger partial charge in [0.25, 0.3) is 0 Å². The third-order valence-corrected chi connectivity index (χ3v) is 7.08. The number of aromatic nitrogens is 1. The number of nitrogens with one attached hydrogen (secondary N) is 1. The Labute approximate surface area is 215 Å². The van der Waals surface area contributed by atoms with Gasteiger partial charge < -0.3 is 24.7 Å². The van der Waals surface area contributed by atoms with Gasteiger partial charge in [0, 0.05) is 37.1 Å². The zero-order valence-corrected chi connectivity index (χ0v) is 21.3. The number of carbonyl (C=O) groups is 1. The Kier molecular flexibility index (Phi) is 6.49. The molecule has 3 aromatic rings. The molecule has 1 fully saturated rings. The van der Waals surface area contributed by atoms with Crippen LogP contribution in [0, 0.1) is 18.7 Å². The van der Waals surface area contributed by atoms with Gasteiger partial charge >= 0.3 is 0 Å². The Morgan fingerprint density at radius 3 is 2.59 bits per heavy atom. The quantitative estimate of drug-likeness (QED) is 0.517. The average Bonchev–Trinajstić information content (AvgIpc) is 3.58. The summed E-state index contributed by atoms with van der Waals surface area (Å²) in [6.45, 7) is 7.76. The van der Waals surface area contributed by atoms with Crippen LogP contribution in [0.15, 0.2) is 64.3 Å². The van der Waals surface area contributed by atoms with Gasteiger partial charge in [-0.05, 0) is 24.5 Å². The maximum absolute atomic E-state index is 14.2. The van der Waals surface area contributed by atoms with Crippen molar-refractivity contribution < 1.29 is 23.7 Å². The highest BCUT2D eigenvalue weighted by Gasteiger charge is 2.46. The Hall–Kier alpha value is -3.72. The van der Waals surface area contributed by atoms with Crippen LogP contribution in [0.4, 0.5) is 4.39 Å². The minimum absolute atomic E-state index is 0.0359. The topological polar surface area (TPSA) is 100 Å². The molecule has 0 saturated carbocycles. The number of nitrogens with zero attached hydrogens (tertiary/aromatic N) is 3. The molecule has 2 N–H and O–H groups in total. The van der Waals surface area contributed by atoms with E-state index in [1.807, 2.05) is 52.0 Å². The second-order valence-corrected chi connectivity index (χ2v) is 10.3. The van der Waals surface area contributed by atoms with Crippen molar-refractivity contribution in [1.82, 2.24) is 15.4 Å². The van der Waals surface area contributed by atoms with Crippen LogP contribution in [0.2, 0.25) is 0 Å². The Morgan fingerprint density at radius 2 is 1.95 bits per heavy atom. The molecule has 37 heavy (non-hydrogen) atoms. The molecule has 0 radical (unpaired) electrons. The fraction of sp³-hybridized carbons (Fsp3) is 0.393. The monoisotopic (exact) mass is 506 g/mol. The molecule has 1 saturated heterocycles. The molecule has 0 bridgehead atoms. The van der Waals surface area contributed by atoms with Crippen molar-refractivity contribution in [2.45, 2.75) is 57.9 Å². The van der Waals surface area contributed by atoms with Gasteiger partial charge in [-0.15, -0.1) is 0 Å². The lowest BCUT2D eigenvalue weighted by molar-refractivity contribution is -0.134. The third-order valence-electron chi connectivity index (χ3n) is 7.08. The van der Waals surface area contributed by atoms with E-state index in [0.29, 0.717) is 29.3 Å². The number of rotatable bonds is 6. The van der Waals surface area contributed by atoms with E-state index in [4.69, 9.17) is 9.36 Å². The summed E-state index contributed by atoms with van der Waals surface area (Å²) in [7, 11) is 0. The van der Waals surface area contributed by atoms with E-state index in [2.05, 4.69) is 15.6 Å². The number of aliphatic hydroxyl groups is 1. The van der Waals surface area contributed by atoms with Gasteiger partial charge in [0.1, 0.15) is 17.5 Å². The van der Waals surface area contributed by atoms with E-state index in [-0.39, 0.29) is 24.2 Å². The van der Waals surface area contributed by atoms with Crippen molar-refractivity contribution in [3.05, 3.63) is 77.4 Å². The molecule has 3 heterocycles. The van der Waals surface area contributed by atoms with Gasteiger partial charge in [0.05, 0.1) is 17.8 Å². The first-order valence-corrected chi connectivity index (χ1v) is 12.5. The maximum atomic E-state index is 14.2. The summed E-state index contributed by atoms with van der Waals surface area (Å²) in [5.41, 5.74) is 1.79. The van der Waals surface area contributed by atoms with Gasteiger partial charge in [-0.3, -0.25) is 4.79 Å². The Balaban J connectivity index is 1.35. The largest absolute Gasteiger partial charge is 0.391 e. The first-order valence-electron chi connectivity index (χ1n) is 12.5. The molecule has 0 aliphatic carbocycles. The van der Waals surface area contributed by atoms with Crippen molar-refractivity contribution in [3.8, 4) is 11.1 Å². The molecule has 2 aromatic carbocycles. The van der Waals surface area contributed by atoms with E-state index < -0.39 is 23.8 Å². The first kappa shape index (κ1) is 25.0. The number of amides is 1. The standard InChI is InChI=1S/C28H31FN4O4/c1-16(2)25(24-13-17(3)31-36-24)27(35)33-15-20(34)14-23(33)26-30-28(4,37-32-26)19-11-9-18(10-12-19)21-7-5-6-8-22(21)29/h5-13,16,20,23,25,34H,14-15H2,1-4H3,(H,30,32)/t20-,23+,25-,28-/m1/s1. The number of carbonyl (C=O) groups excluding carboxylic acids is 1. The van der Waals surface area contributed by atoms with E-state index >= 15 is 0 Å². The summed E-state index contributed by atoms with van der Waals surface area (Å²) >= 11 is 0. The lowest BCUT2D eigenvalue weighted by Gasteiger charge is -2.30. The summed E-state index contributed by atoms with van der Waals surface area (Å²) < 4.78 is 19.7. The third kappa shape index (κ3) is 4.71. The number of halogens is 1. The number of benzene rings is 2. The smallest absolute Gasteiger partial charge is 0.234 e. The van der Waals surface area contributed by atoms with Crippen LogP contribution in [0.3, 0.4) is 0 Å². The molecule has 0 unspecified atom stereocenters. The van der Waals surface area contributed by atoms with Crippen LogP contribution >= 0.6 is 0 Å². The predicted molar refractivity (Wildman–Crippen MR) is 136 cm³/mol. The van der Waals surface area contributed by atoms with Crippen LogP contribution in [0.5, 0.6) is 0 Å². The van der Waals surface area contributed by atoms with Crippen molar-refractivity contribution >= 4 is 11.7 Å². The second kappa shape index (κ2) is 9.63. The van der Waals surface area contributed by atoms with Crippen LogP contribution in [-0.4, -0.2) is 45.6 Å². The lowest BCUT2D eigenvalue weighted by Crippen LogP contribution is -2.50. The minimum atomic E-state index is -0.981. The number of amidine groups is 1. The van der Waals surface area contributed by atoms with E-state index in [9.17, 15) is 14.3 Å². The predicted octanol–water partition coefficient (Wildman–Crippen LogP) is 4.30. The minimum Gasteiger partial charge on any atom is -0.391 e. The summed E-state index contributed by atoms with van der Waals surface area (Å²) in [6, 6.07) is 15.3. The van der Waals surface area contributed by atoms with Gasteiger partial charge in [0.15, 0.2) is 5.84 Å². The SMILES string of the molecule is Cc1cc([C@H](C(=O)N2C[C@H](O)C[C@H]2C2=NO[C@](C)(c3ccc(-c4ccccc4F)cc3)N2)C(C)C)on1. The van der Waals surface area contributed by atoms with E-state index in [0.717, 1.165) is 11.1 Å². The fourth-order valence-corrected chi connectivity index (χ4v) is 5.12. The second-order valence-electron chi connectivity index (χ2n) is 10.3. The highest BCUT2D eigenvalue weighted by Crippen LogP contribution is 2.34. The molecule has 194 valence electrons. The van der Waals surface area contributed by atoms with Crippen molar-refractivity contribution in [2.75, 3.05) is 6.54 Å². The zero-order valence-electron chi connectivity index (χ0n) is 21.3. The summed E-state index contributed by atoms with van der Waals surface area (Å²) in [4.78, 5) is 21.2. The highest BCUT2D eigenvalue weighted by molar-refractivity contribution is 5.94. The molecule has 1 aromatic heterocycles. The molecule has 0 spiro atoms. The number of hydrogen-bond donors (Lipinski definition) is 2. The maximum Gasteiger partial charge on any atom is 0.234 e. The van der Waals surface area contributed by atoms with Crippen LogP contribution in [-0.2, 0) is 15.4 Å². The molecule has 1 amide bonds. The molecule has 5 rings (SSSR count). The summed E-state index contributed by atoms with van der Waals surface area (Å²) in [5.74, 6) is -0.0237. The molecule has 2 aliphatic rings. The van der Waals surface area contributed by atoms with Crippen molar-refractivity contribution in [3.63, 3.8) is 0 Å². The molecule has 4 atom stereocenters. The summed E-state index contributed by atoms with van der Waals surface area (Å²) in [6.07, 6.45) is -0.349. The number of aliphatic hydroxyl groups excluding tert-OH is 1. The van der Waals surface area contributed by atoms with E-state index in [1.165, 1.54) is 6.07 Å². The van der Waals surface area contributed by atoms with E-state index in [1.54, 1.807) is 29.2 Å². The van der Waals surface area contributed by atoms with Crippen LogP contribution in [0.1, 0.15) is 50.1 Å². The number of β-amino-alcohol motifs (C(OH)–C–C–N with tert-alkyl or cyclic N) is 1. The molecular weight excluding hydrogens is 475 g/mol. The molecule has 8 nitrogen and oxygen atoms in total. The fourth-order valence-electron chi connectivity index (χ4n) is 5.12. The van der Waals surface area contributed by atoms with Crippen LogP contribution < -0.4 is 5.32 Å². The Morgan fingerprint density at radius 1 is 1.22 bits per heavy atom. The number of oxime groups is 1. The van der Waals surface area contributed by atoms with Gasteiger partial charge in [-0.2, -0.15) is 0 Å². The average molecular weight is 507 g/mol. The Bertz CT molecular complexity index is 1320. The van der Waals surface area contributed by atoms with Gasteiger partial charge in [-0.1, -0.05) is 66.6 Å². The highest BCUT2D eigenvalue weighted by atomic mass is 19.1. The number of hydrogen-bond acceptors (Lipinski definition) is 7. The summed E-state index contributed by atoms with van der Waals surface area (Å²) in [5, 5.41) is 22.1. The number of aryl methyl sites for hydroxylation is 1. The molecule has 2 aliphatic heterocycles. The van der Waals surface area contributed by atoms with Gasteiger partial charge in [-0.25, -0.2) is 4.39 Å². The first-order chi connectivity index (χ1) is 17.7. The lowest BCUT2D eigenvalue weighted by atomic mass is 9.91. The number of likely N-dealkylation sites (tertiary alicyclic amines) is 1. The normalized spacial score (nSPS) is 24.1. The van der Waals surface area contributed by atoms with Crippen molar-refractivity contribution in [2.24, 2.45) is 11.1 Å². The zero-order chi connectivity index (χ0) is 26.3. The molecular formula is C28H31FN4O4. The van der Waals surface area contributed by atoms with Crippen molar-refractivity contribution in [1.29, 1.82) is 0 Å². The van der Waals surface area contributed by atoms with Gasteiger partial charge in [0.2, 0.25) is 11.6 Å². The molecule has 9 heteroatoms.